The highest BCUT2D eigenvalue weighted by Gasteiger charge is 2.29. The van der Waals surface area contributed by atoms with Crippen LogP contribution in [0.5, 0.6) is 0 Å². The van der Waals surface area contributed by atoms with Gasteiger partial charge in [-0.1, -0.05) is 12.1 Å². The monoisotopic (exact) mass is 489 g/mol. The largest absolute Gasteiger partial charge is 0.373 e. The number of benzene rings is 1. The van der Waals surface area contributed by atoms with E-state index >= 15 is 0 Å². The minimum absolute atomic E-state index is 0. The smallest absolute Gasteiger partial charge is 0.319 e. The van der Waals surface area contributed by atoms with E-state index in [1.807, 2.05) is 38.1 Å². The summed E-state index contributed by atoms with van der Waals surface area (Å²) in [6.45, 7) is 8.19. The molecule has 1 saturated heterocycles. The Bertz CT molecular complexity index is 613. The lowest BCUT2D eigenvalue weighted by atomic mass is 10.0. The van der Waals surface area contributed by atoms with Gasteiger partial charge in [-0.05, 0) is 51.3 Å². The number of carbonyl (C=O) groups excluding carboxylic acids is 1. The maximum Gasteiger partial charge on any atom is 0.319 e. The molecule has 1 unspecified atom stereocenters. The fraction of sp³-hybridized carbons (Fsp3) is 0.579. The zero-order valence-corrected chi connectivity index (χ0v) is 18.9. The van der Waals surface area contributed by atoms with Crippen molar-refractivity contribution in [2.24, 2.45) is 4.99 Å². The first-order chi connectivity index (χ1) is 12.4. The van der Waals surface area contributed by atoms with Crippen LogP contribution < -0.4 is 21.3 Å². The Balaban J connectivity index is 0.00000364. The predicted octanol–water partition coefficient (Wildman–Crippen LogP) is 3.07. The van der Waals surface area contributed by atoms with Crippen molar-refractivity contribution < 1.29 is 9.53 Å². The summed E-state index contributed by atoms with van der Waals surface area (Å²) in [6, 6.07) is 7.65. The second-order valence-corrected chi connectivity index (χ2v) is 7.13. The van der Waals surface area contributed by atoms with Gasteiger partial charge in [-0.15, -0.1) is 24.0 Å². The zero-order valence-electron chi connectivity index (χ0n) is 16.6. The van der Waals surface area contributed by atoms with E-state index in [1.165, 1.54) is 0 Å². The fourth-order valence-corrected chi connectivity index (χ4v) is 2.79. The van der Waals surface area contributed by atoms with E-state index < -0.39 is 0 Å². The molecule has 8 heteroatoms. The number of amides is 2. The minimum atomic E-state index is -0.196. The van der Waals surface area contributed by atoms with Crippen LogP contribution in [0.3, 0.4) is 0 Å². The second kappa shape index (κ2) is 11.3. The number of rotatable bonds is 6. The quantitative estimate of drug-likeness (QED) is 0.281. The normalized spacial score (nSPS) is 19.4. The predicted molar refractivity (Wildman–Crippen MR) is 121 cm³/mol. The molecule has 1 aromatic carbocycles. The maximum absolute atomic E-state index is 11.7. The Kier molecular flexibility index (Phi) is 9.86. The summed E-state index contributed by atoms with van der Waals surface area (Å²) >= 11 is 0. The van der Waals surface area contributed by atoms with Crippen molar-refractivity contribution in [1.82, 2.24) is 16.0 Å². The van der Waals surface area contributed by atoms with Crippen molar-refractivity contribution in [2.45, 2.75) is 51.8 Å². The lowest BCUT2D eigenvalue weighted by Crippen LogP contribution is -2.45. The van der Waals surface area contributed by atoms with Crippen LogP contribution in [-0.2, 0) is 11.3 Å². The Morgan fingerprint density at radius 3 is 2.52 bits per heavy atom. The van der Waals surface area contributed by atoms with Crippen molar-refractivity contribution in [1.29, 1.82) is 0 Å². The zero-order chi connectivity index (χ0) is 19.0. The summed E-state index contributed by atoms with van der Waals surface area (Å²) in [6.07, 6.45) is 2.18. The molecule has 2 amide bonds. The molecule has 1 aliphatic rings. The van der Waals surface area contributed by atoms with Gasteiger partial charge in [0.1, 0.15) is 0 Å². The topological polar surface area (TPSA) is 86.8 Å². The van der Waals surface area contributed by atoms with Crippen LogP contribution >= 0.6 is 24.0 Å². The molecule has 0 aliphatic carbocycles. The van der Waals surface area contributed by atoms with Crippen molar-refractivity contribution in [3.63, 3.8) is 0 Å². The molecule has 7 nitrogen and oxygen atoms in total. The highest BCUT2D eigenvalue weighted by Crippen LogP contribution is 2.23. The molecule has 1 aromatic rings. The lowest BCUT2D eigenvalue weighted by Gasteiger charge is -2.24. The Hall–Kier alpha value is -1.55. The van der Waals surface area contributed by atoms with Crippen LogP contribution in [0.1, 0.15) is 39.2 Å². The first-order valence-electron chi connectivity index (χ1n) is 9.15. The summed E-state index contributed by atoms with van der Waals surface area (Å²) in [5.41, 5.74) is 1.76. The van der Waals surface area contributed by atoms with Gasteiger partial charge in [-0.2, -0.15) is 0 Å². The standard InChI is InChI=1S/C19H31N5O2.HI/c1-14(2)23-18(25)24-16-8-6-15(7-9-16)12-21-17(20-4)22-13-19(3)10-5-11-26-19;/h6-9,14H,5,10-13H2,1-4H3,(H2,20,21,22)(H2,23,24,25);1H. The van der Waals surface area contributed by atoms with Crippen LogP contribution in [0.25, 0.3) is 0 Å². The number of hydrogen-bond acceptors (Lipinski definition) is 3. The molecule has 1 aliphatic heterocycles. The van der Waals surface area contributed by atoms with Crippen molar-refractivity contribution in [3.8, 4) is 0 Å². The molecule has 1 heterocycles. The van der Waals surface area contributed by atoms with Crippen LogP contribution in [0.2, 0.25) is 0 Å². The van der Waals surface area contributed by atoms with Gasteiger partial charge in [-0.25, -0.2) is 4.79 Å². The highest BCUT2D eigenvalue weighted by molar-refractivity contribution is 14.0. The van der Waals surface area contributed by atoms with E-state index in [-0.39, 0.29) is 41.7 Å². The van der Waals surface area contributed by atoms with Crippen molar-refractivity contribution >= 4 is 41.7 Å². The molecule has 1 fully saturated rings. The number of carbonyl (C=O) groups is 1. The average molecular weight is 489 g/mol. The van der Waals surface area contributed by atoms with Gasteiger partial charge in [0.2, 0.25) is 0 Å². The lowest BCUT2D eigenvalue weighted by molar-refractivity contribution is 0.0243. The highest BCUT2D eigenvalue weighted by atomic mass is 127. The van der Waals surface area contributed by atoms with Crippen LogP contribution in [0.4, 0.5) is 10.5 Å². The number of nitrogens with one attached hydrogen (secondary N) is 4. The molecule has 1 atom stereocenters. The van der Waals surface area contributed by atoms with Gasteiger partial charge in [0.15, 0.2) is 5.96 Å². The van der Waals surface area contributed by atoms with Crippen molar-refractivity contribution in [3.05, 3.63) is 29.8 Å². The third kappa shape index (κ3) is 8.34. The number of urea groups is 1. The Morgan fingerprint density at radius 1 is 1.26 bits per heavy atom. The minimum Gasteiger partial charge on any atom is -0.373 e. The SMILES string of the molecule is CN=C(NCc1ccc(NC(=O)NC(C)C)cc1)NCC1(C)CCCO1.I. The van der Waals surface area contributed by atoms with Crippen molar-refractivity contribution in [2.75, 3.05) is 25.5 Å². The molecule has 4 N–H and O–H groups in total. The molecule has 0 bridgehead atoms. The van der Waals surface area contributed by atoms with Gasteiger partial charge in [-0.3, -0.25) is 4.99 Å². The molecular weight excluding hydrogens is 457 g/mol. The molecule has 2 rings (SSSR count). The third-order valence-corrected chi connectivity index (χ3v) is 4.25. The van der Waals surface area contributed by atoms with E-state index in [4.69, 9.17) is 4.74 Å². The number of halogens is 1. The van der Waals surface area contributed by atoms with Gasteiger partial charge < -0.3 is 26.0 Å². The first-order valence-corrected chi connectivity index (χ1v) is 9.15. The molecule has 0 spiro atoms. The number of anilines is 1. The average Bonchev–Trinajstić information content (AvgIpc) is 3.02. The third-order valence-electron chi connectivity index (χ3n) is 4.25. The van der Waals surface area contributed by atoms with E-state index in [0.29, 0.717) is 6.54 Å². The van der Waals surface area contributed by atoms with E-state index in [0.717, 1.165) is 43.2 Å². The molecule has 0 radical (unpaired) electrons. The van der Waals surface area contributed by atoms with Gasteiger partial charge in [0.05, 0.1) is 5.60 Å². The van der Waals surface area contributed by atoms with Gasteiger partial charge >= 0.3 is 6.03 Å². The number of ether oxygens (including phenoxy) is 1. The Labute approximate surface area is 179 Å². The number of nitrogens with zero attached hydrogens (tertiary/aromatic N) is 1. The second-order valence-electron chi connectivity index (χ2n) is 7.13. The fourth-order valence-electron chi connectivity index (χ4n) is 2.79. The first kappa shape index (κ1) is 23.5. The summed E-state index contributed by atoms with van der Waals surface area (Å²) in [4.78, 5) is 16.0. The molecular formula is C19H32IN5O2. The van der Waals surface area contributed by atoms with E-state index in [9.17, 15) is 4.79 Å². The van der Waals surface area contributed by atoms with Gasteiger partial charge in [0, 0.05) is 38.5 Å². The summed E-state index contributed by atoms with van der Waals surface area (Å²) < 4.78 is 5.78. The summed E-state index contributed by atoms with van der Waals surface area (Å²) in [5, 5.41) is 12.2. The molecule has 0 saturated carbocycles. The maximum atomic E-state index is 11.7. The number of hydrogen-bond donors (Lipinski definition) is 4. The van der Waals surface area contributed by atoms with Crippen LogP contribution in [-0.4, -0.2) is 43.8 Å². The number of guanidine groups is 1. The number of aliphatic imine (C=N–C) groups is 1. The molecule has 152 valence electrons. The summed E-state index contributed by atoms with van der Waals surface area (Å²) in [5.74, 6) is 0.750. The Morgan fingerprint density at radius 2 is 1.96 bits per heavy atom. The van der Waals surface area contributed by atoms with Crippen LogP contribution in [0, 0.1) is 0 Å². The van der Waals surface area contributed by atoms with Gasteiger partial charge in [0.25, 0.3) is 0 Å². The summed E-state index contributed by atoms with van der Waals surface area (Å²) in [7, 11) is 1.76. The molecule has 0 aromatic heterocycles. The van der Waals surface area contributed by atoms with E-state index in [1.54, 1.807) is 7.05 Å². The van der Waals surface area contributed by atoms with Crippen LogP contribution in [0.15, 0.2) is 29.3 Å². The molecule has 27 heavy (non-hydrogen) atoms. The van der Waals surface area contributed by atoms with E-state index in [2.05, 4.69) is 33.2 Å².